The van der Waals surface area contributed by atoms with Crippen LogP contribution in [0.15, 0.2) is 51.9 Å². The van der Waals surface area contributed by atoms with Gasteiger partial charge in [0.05, 0.1) is 30.6 Å². The van der Waals surface area contributed by atoms with E-state index in [1.807, 2.05) is 36.4 Å². The third-order valence-corrected chi connectivity index (χ3v) is 4.81. The van der Waals surface area contributed by atoms with Gasteiger partial charge in [0.25, 0.3) is 0 Å². The fourth-order valence-corrected chi connectivity index (χ4v) is 3.18. The normalized spacial score (nSPS) is 10.6. The third kappa shape index (κ3) is 3.66. The van der Waals surface area contributed by atoms with Crippen LogP contribution in [0, 0.1) is 0 Å². The smallest absolute Gasteiger partial charge is 0.237 e. The van der Waals surface area contributed by atoms with Gasteiger partial charge < -0.3 is 14.0 Å². The lowest BCUT2D eigenvalue weighted by atomic mass is 10.2. The summed E-state index contributed by atoms with van der Waals surface area (Å²) in [4.78, 5) is 5.40. The number of halogens is 1. The van der Waals surface area contributed by atoms with Gasteiger partial charge in [-0.2, -0.15) is 4.98 Å². The van der Waals surface area contributed by atoms with Crippen molar-refractivity contribution >= 4 is 23.4 Å². The van der Waals surface area contributed by atoms with Crippen LogP contribution in [0.4, 0.5) is 0 Å². The molecule has 0 saturated carbocycles. The largest absolute Gasteiger partial charge is 0.497 e. The minimum absolute atomic E-state index is 0.476. The molecule has 0 aliphatic heterocycles. The first-order valence-electron chi connectivity index (χ1n) is 7.13. The summed E-state index contributed by atoms with van der Waals surface area (Å²) in [6.45, 7) is 0. The third-order valence-electron chi connectivity index (χ3n) is 3.31. The Bertz CT molecular complexity index is 838. The average molecular weight is 363 g/mol. The molecule has 1 aromatic heterocycles. The van der Waals surface area contributed by atoms with Crippen molar-refractivity contribution in [2.75, 3.05) is 14.2 Å². The number of benzene rings is 2. The highest BCUT2D eigenvalue weighted by molar-refractivity contribution is 7.98. The predicted octanol–water partition coefficient (Wildman–Crippen LogP) is 4.70. The number of thioether (sulfide) groups is 1. The maximum absolute atomic E-state index is 6.14. The second-order valence-corrected chi connectivity index (χ2v) is 6.22. The van der Waals surface area contributed by atoms with Crippen molar-refractivity contribution in [1.82, 2.24) is 10.1 Å². The first-order valence-corrected chi connectivity index (χ1v) is 8.50. The van der Waals surface area contributed by atoms with E-state index in [0.717, 1.165) is 10.5 Å². The van der Waals surface area contributed by atoms with E-state index in [0.29, 0.717) is 34.0 Å². The van der Waals surface area contributed by atoms with E-state index in [1.165, 1.54) is 0 Å². The fraction of sp³-hybridized carbons (Fsp3) is 0.176. The van der Waals surface area contributed by atoms with E-state index >= 15 is 0 Å². The zero-order valence-corrected chi connectivity index (χ0v) is 14.7. The van der Waals surface area contributed by atoms with Gasteiger partial charge in [-0.05, 0) is 24.3 Å². The van der Waals surface area contributed by atoms with Crippen LogP contribution in [-0.2, 0) is 5.75 Å². The minimum Gasteiger partial charge on any atom is -0.497 e. The van der Waals surface area contributed by atoms with Crippen LogP contribution in [-0.4, -0.2) is 24.4 Å². The van der Waals surface area contributed by atoms with E-state index < -0.39 is 0 Å². The van der Waals surface area contributed by atoms with Crippen LogP contribution in [0.3, 0.4) is 0 Å². The molecule has 0 radical (unpaired) electrons. The summed E-state index contributed by atoms with van der Waals surface area (Å²) in [5.41, 5.74) is 0.746. The van der Waals surface area contributed by atoms with E-state index in [4.69, 9.17) is 25.6 Å². The van der Waals surface area contributed by atoms with Gasteiger partial charge in [0.15, 0.2) is 0 Å². The molecular weight excluding hydrogens is 348 g/mol. The first-order chi connectivity index (χ1) is 11.7. The molecule has 0 aliphatic rings. The Morgan fingerprint density at radius 1 is 1.12 bits per heavy atom. The fourth-order valence-electron chi connectivity index (χ4n) is 2.11. The molecule has 0 N–H and O–H groups in total. The summed E-state index contributed by atoms with van der Waals surface area (Å²) < 4.78 is 15.9. The van der Waals surface area contributed by atoms with Crippen LogP contribution >= 0.6 is 23.4 Å². The van der Waals surface area contributed by atoms with Gasteiger partial charge in [0.1, 0.15) is 11.5 Å². The quantitative estimate of drug-likeness (QED) is 0.592. The van der Waals surface area contributed by atoms with Crippen molar-refractivity contribution in [3.63, 3.8) is 0 Å². The van der Waals surface area contributed by atoms with Crippen molar-refractivity contribution in [2.24, 2.45) is 0 Å². The summed E-state index contributed by atoms with van der Waals surface area (Å²) >= 11 is 7.69. The number of nitrogens with zero attached hydrogens (tertiary/aromatic N) is 2. The maximum Gasteiger partial charge on any atom is 0.237 e. The van der Waals surface area contributed by atoms with Crippen LogP contribution < -0.4 is 9.47 Å². The Kier molecular flexibility index (Phi) is 5.27. The van der Waals surface area contributed by atoms with Gasteiger partial charge in [0.2, 0.25) is 11.7 Å². The molecule has 24 heavy (non-hydrogen) atoms. The summed E-state index contributed by atoms with van der Waals surface area (Å²) in [5.74, 6) is 2.86. The first kappa shape index (κ1) is 16.7. The maximum atomic E-state index is 6.14. The van der Waals surface area contributed by atoms with Gasteiger partial charge in [-0.1, -0.05) is 28.9 Å². The molecule has 0 spiro atoms. The number of methoxy groups -OCH3 is 2. The molecule has 124 valence electrons. The monoisotopic (exact) mass is 362 g/mol. The molecular formula is C17H15ClN2O3S. The summed E-state index contributed by atoms with van der Waals surface area (Å²) in [6, 6.07) is 13.1. The number of ether oxygens (including phenoxy) is 2. The summed E-state index contributed by atoms with van der Waals surface area (Å²) in [6.07, 6.45) is 0. The average Bonchev–Trinajstić information content (AvgIpc) is 3.09. The Balaban J connectivity index is 1.77. The molecule has 3 aromatic rings. The predicted molar refractivity (Wildman–Crippen MR) is 93.9 cm³/mol. The molecule has 0 unspecified atom stereocenters. The second-order valence-electron chi connectivity index (χ2n) is 4.80. The van der Waals surface area contributed by atoms with Crippen molar-refractivity contribution in [2.45, 2.75) is 10.6 Å². The highest BCUT2D eigenvalue weighted by Crippen LogP contribution is 2.33. The lowest BCUT2D eigenvalue weighted by Gasteiger charge is -2.07. The Morgan fingerprint density at radius 3 is 2.71 bits per heavy atom. The zero-order chi connectivity index (χ0) is 16.9. The van der Waals surface area contributed by atoms with E-state index in [1.54, 1.807) is 32.0 Å². The molecule has 0 bridgehead atoms. The molecule has 2 aromatic carbocycles. The van der Waals surface area contributed by atoms with Gasteiger partial charge in [-0.15, -0.1) is 11.8 Å². The van der Waals surface area contributed by atoms with E-state index in [2.05, 4.69) is 10.1 Å². The highest BCUT2D eigenvalue weighted by Gasteiger charge is 2.14. The second kappa shape index (κ2) is 7.59. The summed E-state index contributed by atoms with van der Waals surface area (Å²) in [5, 5.41) is 4.74. The Morgan fingerprint density at radius 2 is 1.96 bits per heavy atom. The van der Waals surface area contributed by atoms with Gasteiger partial charge in [0, 0.05) is 11.0 Å². The lowest BCUT2D eigenvalue weighted by Crippen LogP contribution is -1.91. The Labute approximate surface area is 148 Å². The molecule has 7 heteroatoms. The molecule has 0 amide bonds. The molecule has 5 nitrogen and oxygen atoms in total. The van der Waals surface area contributed by atoms with Crippen molar-refractivity contribution in [3.8, 4) is 22.9 Å². The number of aromatic nitrogens is 2. The molecule has 0 atom stereocenters. The van der Waals surface area contributed by atoms with Crippen LogP contribution in [0.25, 0.3) is 11.4 Å². The molecule has 0 aliphatic carbocycles. The number of hydrogen-bond donors (Lipinski definition) is 0. The topological polar surface area (TPSA) is 57.4 Å². The van der Waals surface area contributed by atoms with Crippen LogP contribution in [0.2, 0.25) is 5.02 Å². The SMILES string of the molecule is COc1ccc(-c2noc(CSc3ccccc3Cl)n2)c(OC)c1. The highest BCUT2D eigenvalue weighted by atomic mass is 35.5. The van der Waals surface area contributed by atoms with Crippen molar-refractivity contribution < 1.29 is 14.0 Å². The van der Waals surface area contributed by atoms with Crippen LogP contribution in [0.5, 0.6) is 11.5 Å². The molecule has 0 fully saturated rings. The molecule has 1 heterocycles. The summed E-state index contributed by atoms with van der Waals surface area (Å²) in [7, 11) is 3.19. The van der Waals surface area contributed by atoms with Gasteiger partial charge in [-0.3, -0.25) is 0 Å². The lowest BCUT2D eigenvalue weighted by molar-refractivity contribution is 0.388. The number of hydrogen-bond acceptors (Lipinski definition) is 6. The van der Waals surface area contributed by atoms with E-state index in [9.17, 15) is 0 Å². The standard InChI is InChI=1S/C17H15ClN2O3S/c1-21-11-7-8-12(14(9-11)22-2)17-19-16(23-20-17)10-24-15-6-4-3-5-13(15)18/h3-9H,10H2,1-2H3. The Hall–Kier alpha value is -2.18. The van der Waals surface area contributed by atoms with Crippen LogP contribution in [0.1, 0.15) is 5.89 Å². The van der Waals surface area contributed by atoms with Crippen molar-refractivity contribution in [1.29, 1.82) is 0 Å². The van der Waals surface area contributed by atoms with E-state index in [-0.39, 0.29) is 0 Å². The van der Waals surface area contributed by atoms with Gasteiger partial charge >= 0.3 is 0 Å². The number of rotatable bonds is 6. The van der Waals surface area contributed by atoms with Gasteiger partial charge in [-0.25, -0.2) is 0 Å². The van der Waals surface area contributed by atoms with Crippen molar-refractivity contribution in [3.05, 3.63) is 53.4 Å². The zero-order valence-electron chi connectivity index (χ0n) is 13.2. The molecule has 0 saturated heterocycles. The minimum atomic E-state index is 0.476. The molecule has 3 rings (SSSR count).